The van der Waals surface area contributed by atoms with Crippen molar-refractivity contribution in [1.29, 1.82) is 0 Å². The fourth-order valence-corrected chi connectivity index (χ4v) is 3.96. The third kappa shape index (κ3) is 5.93. The van der Waals surface area contributed by atoms with Gasteiger partial charge in [-0.15, -0.1) is 0 Å². The Morgan fingerprint density at radius 2 is 1.69 bits per heavy atom. The number of aryl methyl sites for hydroxylation is 2. The van der Waals surface area contributed by atoms with Crippen molar-refractivity contribution in [2.75, 3.05) is 0 Å². The highest BCUT2D eigenvalue weighted by Gasteiger charge is 2.28. The van der Waals surface area contributed by atoms with E-state index in [-0.39, 0.29) is 17.9 Å². The van der Waals surface area contributed by atoms with Gasteiger partial charge in [0.1, 0.15) is 6.04 Å². The molecule has 0 spiro atoms. The molecule has 0 bridgehead atoms. The summed E-state index contributed by atoms with van der Waals surface area (Å²) in [6.45, 7) is 6.34. The average molecular weight is 393 g/mol. The summed E-state index contributed by atoms with van der Waals surface area (Å²) in [5.41, 5.74) is 4.33. The molecule has 3 rings (SSSR count). The van der Waals surface area contributed by atoms with Crippen molar-refractivity contribution >= 4 is 11.8 Å². The van der Waals surface area contributed by atoms with Crippen LogP contribution in [-0.2, 0) is 22.6 Å². The van der Waals surface area contributed by atoms with E-state index >= 15 is 0 Å². The van der Waals surface area contributed by atoms with Gasteiger partial charge in [-0.05, 0) is 44.7 Å². The Labute approximate surface area is 174 Å². The van der Waals surface area contributed by atoms with E-state index in [2.05, 4.69) is 5.32 Å². The second-order valence-electron chi connectivity index (χ2n) is 8.34. The summed E-state index contributed by atoms with van der Waals surface area (Å²) in [6.07, 6.45) is 4.70. The average Bonchev–Trinajstić information content (AvgIpc) is 3.20. The highest BCUT2D eigenvalue weighted by Crippen LogP contribution is 2.19. The van der Waals surface area contributed by atoms with Crippen molar-refractivity contribution in [1.82, 2.24) is 10.2 Å². The van der Waals surface area contributed by atoms with Gasteiger partial charge in [-0.2, -0.15) is 0 Å². The first-order chi connectivity index (χ1) is 13.9. The zero-order chi connectivity index (χ0) is 20.8. The number of carbonyl (C=O) groups excluding carboxylic acids is 2. The van der Waals surface area contributed by atoms with Gasteiger partial charge in [0.25, 0.3) is 0 Å². The predicted molar refractivity (Wildman–Crippen MR) is 116 cm³/mol. The highest BCUT2D eigenvalue weighted by atomic mass is 16.2. The number of rotatable bonds is 7. The molecule has 0 radical (unpaired) electrons. The summed E-state index contributed by atoms with van der Waals surface area (Å²) in [6, 6.07) is 15.9. The Hall–Kier alpha value is -2.62. The molecule has 2 amide bonds. The van der Waals surface area contributed by atoms with Gasteiger partial charge in [0.05, 0.1) is 6.42 Å². The van der Waals surface area contributed by atoms with E-state index in [1.165, 1.54) is 18.4 Å². The summed E-state index contributed by atoms with van der Waals surface area (Å²) >= 11 is 0. The first-order valence-electron chi connectivity index (χ1n) is 10.6. The van der Waals surface area contributed by atoms with Crippen molar-refractivity contribution in [2.24, 2.45) is 0 Å². The van der Waals surface area contributed by atoms with E-state index in [4.69, 9.17) is 0 Å². The molecule has 154 valence electrons. The lowest BCUT2D eigenvalue weighted by atomic mass is 10.1. The second-order valence-corrected chi connectivity index (χ2v) is 8.34. The zero-order valence-corrected chi connectivity index (χ0v) is 17.8. The van der Waals surface area contributed by atoms with E-state index in [1.807, 2.05) is 69.3 Å². The molecule has 4 nitrogen and oxygen atoms in total. The molecule has 0 saturated heterocycles. The molecule has 0 unspecified atom stereocenters. The molecule has 2 aromatic rings. The molecule has 1 aliphatic rings. The first-order valence-corrected chi connectivity index (χ1v) is 10.6. The van der Waals surface area contributed by atoms with Crippen LogP contribution in [0.1, 0.15) is 54.9 Å². The van der Waals surface area contributed by atoms with Crippen LogP contribution < -0.4 is 5.32 Å². The molecule has 1 aliphatic carbocycles. The largest absolute Gasteiger partial charge is 0.352 e. The summed E-state index contributed by atoms with van der Waals surface area (Å²) < 4.78 is 0. The fraction of sp³-hybridized carbons (Fsp3) is 0.440. The molecule has 0 aromatic heterocycles. The molecule has 29 heavy (non-hydrogen) atoms. The maximum absolute atomic E-state index is 13.2. The number of nitrogens with zero attached hydrogens (tertiary/aromatic N) is 1. The van der Waals surface area contributed by atoms with Crippen LogP contribution in [0.4, 0.5) is 0 Å². The number of benzene rings is 2. The van der Waals surface area contributed by atoms with Gasteiger partial charge >= 0.3 is 0 Å². The summed E-state index contributed by atoms with van der Waals surface area (Å²) in [7, 11) is 0. The first kappa shape index (κ1) is 21.1. The summed E-state index contributed by atoms with van der Waals surface area (Å²) in [4.78, 5) is 27.8. The van der Waals surface area contributed by atoms with Gasteiger partial charge in [0.2, 0.25) is 11.8 Å². The van der Waals surface area contributed by atoms with Crippen LogP contribution in [0.2, 0.25) is 0 Å². The topological polar surface area (TPSA) is 49.4 Å². The van der Waals surface area contributed by atoms with Crippen LogP contribution >= 0.6 is 0 Å². The third-order valence-corrected chi connectivity index (χ3v) is 5.78. The van der Waals surface area contributed by atoms with E-state index in [0.717, 1.165) is 29.5 Å². The van der Waals surface area contributed by atoms with Crippen LogP contribution in [0.25, 0.3) is 0 Å². The molecule has 2 aromatic carbocycles. The third-order valence-electron chi connectivity index (χ3n) is 5.78. The number of hydrogen-bond acceptors (Lipinski definition) is 2. The van der Waals surface area contributed by atoms with E-state index < -0.39 is 6.04 Å². The van der Waals surface area contributed by atoms with Crippen LogP contribution in [0.15, 0.2) is 48.5 Å². The van der Waals surface area contributed by atoms with Crippen LogP contribution in [0.3, 0.4) is 0 Å². The van der Waals surface area contributed by atoms with Gasteiger partial charge in [-0.1, -0.05) is 72.5 Å². The van der Waals surface area contributed by atoms with Gasteiger partial charge < -0.3 is 10.2 Å². The minimum atomic E-state index is -0.505. The second kappa shape index (κ2) is 9.73. The van der Waals surface area contributed by atoms with Crippen molar-refractivity contribution < 1.29 is 9.59 Å². The van der Waals surface area contributed by atoms with Crippen molar-refractivity contribution in [3.63, 3.8) is 0 Å². The van der Waals surface area contributed by atoms with Crippen LogP contribution in [0.5, 0.6) is 0 Å². The van der Waals surface area contributed by atoms with Gasteiger partial charge in [-0.25, -0.2) is 0 Å². The Balaban J connectivity index is 1.76. The number of nitrogens with one attached hydrogen (secondary N) is 1. The lowest BCUT2D eigenvalue weighted by molar-refractivity contribution is -0.140. The molecule has 1 fully saturated rings. The van der Waals surface area contributed by atoms with Crippen LogP contribution in [-0.4, -0.2) is 28.8 Å². The summed E-state index contributed by atoms with van der Waals surface area (Å²) in [5, 5.41) is 3.15. The minimum absolute atomic E-state index is 0.0229. The molecule has 1 saturated carbocycles. The maximum atomic E-state index is 13.2. The monoisotopic (exact) mass is 392 g/mol. The number of hydrogen-bond donors (Lipinski definition) is 1. The van der Waals surface area contributed by atoms with E-state index in [9.17, 15) is 9.59 Å². The summed E-state index contributed by atoms with van der Waals surface area (Å²) in [5.74, 6) is -0.0770. The molecule has 1 N–H and O–H groups in total. The number of amides is 2. The lowest BCUT2D eigenvalue weighted by Gasteiger charge is -2.30. The number of carbonyl (C=O) groups is 2. The smallest absolute Gasteiger partial charge is 0.242 e. The van der Waals surface area contributed by atoms with Crippen LogP contribution in [0, 0.1) is 13.8 Å². The molecule has 1 atom stereocenters. The van der Waals surface area contributed by atoms with Gasteiger partial charge in [0, 0.05) is 12.6 Å². The molecule has 4 heteroatoms. The molecular weight excluding hydrogens is 360 g/mol. The Kier molecular flexibility index (Phi) is 7.08. The molecule has 0 heterocycles. The zero-order valence-electron chi connectivity index (χ0n) is 17.8. The van der Waals surface area contributed by atoms with Gasteiger partial charge in [0.15, 0.2) is 0 Å². The quantitative estimate of drug-likeness (QED) is 0.763. The molecular formula is C25H32N2O2. The van der Waals surface area contributed by atoms with E-state index in [1.54, 1.807) is 4.90 Å². The highest BCUT2D eigenvalue weighted by molar-refractivity contribution is 5.88. The molecule has 0 aliphatic heterocycles. The SMILES string of the molecule is Cc1ccc(CN(C(=O)Cc2cccc(C)c2)[C@@H](C)C(=O)NC2CCCC2)cc1. The predicted octanol–water partition coefficient (Wildman–Crippen LogP) is 4.32. The Bertz CT molecular complexity index is 838. The van der Waals surface area contributed by atoms with Gasteiger partial charge in [-0.3, -0.25) is 9.59 Å². The van der Waals surface area contributed by atoms with Crippen molar-refractivity contribution in [2.45, 2.75) is 71.5 Å². The van der Waals surface area contributed by atoms with E-state index in [0.29, 0.717) is 13.0 Å². The van der Waals surface area contributed by atoms with Crippen molar-refractivity contribution in [3.05, 3.63) is 70.8 Å². The lowest BCUT2D eigenvalue weighted by Crippen LogP contribution is -2.50. The fourth-order valence-electron chi connectivity index (χ4n) is 3.96. The Morgan fingerprint density at radius 3 is 2.34 bits per heavy atom. The standard InChI is InChI=1S/C25H32N2O2/c1-18-11-13-21(14-12-18)17-27(20(3)25(29)26-23-9-4-5-10-23)24(28)16-22-8-6-7-19(2)15-22/h6-8,11-15,20,23H,4-5,9-10,16-17H2,1-3H3,(H,26,29)/t20-/m0/s1. The normalized spacial score (nSPS) is 15.1. The Morgan fingerprint density at radius 1 is 1.00 bits per heavy atom. The van der Waals surface area contributed by atoms with Crippen molar-refractivity contribution in [3.8, 4) is 0 Å². The minimum Gasteiger partial charge on any atom is -0.352 e. The maximum Gasteiger partial charge on any atom is 0.242 e.